The van der Waals surface area contributed by atoms with Crippen LogP contribution in [0.15, 0.2) is 30.3 Å². The summed E-state index contributed by atoms with van der Waals surface area (Å²) in [4.78, 5) is 2.62. The van der Waals surface area contributed by atoms with Crippen LogP contribution in [0.3, 0.4) is 0 Å². The maximum atomic E-state index is 9.98. The number of piperidine rings is 2. The number of hydrogen-bond acceptors (Lipinski definition) is 3. The van der Waals surface area contributed by atoms with Crippen LogP contribution >= 0.6 is 12.4 Å². The van der Waals surface area contributed by atoms with E-state index in [1.54, 1.807) is 0 Å². The van der Waals surface area contributed by atoms with Gasteiger partial charge in [-0.3, -0.25) is 0 Å². The van der Waals surface area contributed by atoms with Crippen molar-refractivity contribution < 1.29 is 5.11 Å². The zero-order valence-electron chi connectivity index (χ0n) is 14.0. The molecule has 1 aromatic carbocycles. The number of nitrogens with zero attached hydrogens (tertiary/aromatic N) is 1. The summed E-state index contributed by atoms with van der Waals surface area (Å²) < 4.78 is 0. The van der Waals surface area contributed by atoms with Gasteiger partial charge in [-0.25, -0.2) is 0 Å². The highest BCUT2D eigenvalue weighted by Gasteiger charge is 2.34. The molecule has 23 heavy (non-hydrogen) atoms. The molecule has 2 fully saturated rings. The number of benzene rings is 1. The van der Waals surface area contributed by atoms with Gasteiger partial charge in [0.05, 0.1) is 0 Å². The second-order valence-electron chi connectivity index (χ2n) is 7.33. The summed E-state index contributed by atoms with van der Waals surface area (Å²) in [6, 6.07) is 10.7. The number of aliphatic hydroxyl groups excluding tert-OH is 1. The summed E-state index contributed by atoms with van der Waals surface area (Å²) >= 11 is 0. The summed E-state index contributed by atoms with van der Waals surface area (Å²) in [7, 11) is 0. The zero-order valence-corrected chi connectivity index (χ0v) is 14.9. The van der Waals surface area contributed by atoms with Crippen molar-refractivity contribution in [2.45, 2.75) is 32.1 Å². The van der Waals surface area contributed by atoms with Gasteiger partial charge in [0.1, 0.15) is 0 Å². The van der Waals surface area contributed by atoms with Gasteiger partial charge in [-0.05, 0) is 75.2 Å². The minimum Gasteiger partial charge on any atom is -0.396 e. The molecule has 2 aliphatic heterocycles. The minimum absolute atomic E-state index is 0. The molecule has 1 aromatic rings. The molecule has 2 N–H and O–H groups in total. The van der Waals surface area contributed by atoms with Crippen molar-refractivity contribution in [2.75, 3.05) is 39.3 Å². The standard InChI is InChI=1S/C19H30N2O.ClH/c22-16-19(13-17-5-2-1-3-6-17)8-11-21(12-9-19)15-18-7-4-10-20-14-18;/h1-3,5-6,18,20,22H,4,7-16H2;1H. The third-order valence-electron chi connectivity index (χ3n) is 5.59. The molecule has 0 aromatic heterocycles. The molecule has 2 saturated heterocycles. The van der Waals surface area contributed by atoms with Crippen molar-refractivity contribution in [3.05, 3.63) is 35.9 Å². The molecule has 0 bridgehead atoms. The van der Waals surface area contributed by atoms with Crippen molar-refractivity contribution in [2.24, 2.45) is 11.3 Å². The lowest BCUT2D eigenvalue weighted by atomic mass is 9.74. The average molecular weight is 339 g/mol. The molecular formula is C19H31ClN2O. The predicted molar refractivity (Wildman–Crippen MR) is 98.2 cm³/mol. The van der Waals surface area contributed by atoms with Gasteiger partial charge >= 0.3 is 0 Å². The molecule has 3 nitrogen and oxygen atoms in total. The number of likely N-dealkylation sites (tertiary alicyclic amines) is 1. The Morgan fingerprint density at radius 2 is 1.91 bits per heavy atom. The lowest BCUT2D eigenvalue weighted by Gasteiger charge is -2.42. The van der Waals surface area contributed by atoms with Gasteiger partial charge < -0.3 is 15.3 Å². The molecule has 0 saturated carbocycles. The Morgan fingerprint density at radius 3 is 2.52 bits per heavy atom. The molecule has 1 unspecified atom stereocenters. The van der Waals surface area contributed by atoms with Crippen LogP contribution in [0, 0.1) is 11.3 Å². The molecule has 0 spiro atoms. The summed E-state index contributed by atoms with van der Waals surface area (Å²) in [5.41, 5.74) is 1.46. The third-order valence-corrected chi connectivity index (χ3v) is 5.59. The lowest BCUT2D eigenvalue weighted by molar-refractivity contribution is 0.0370. The van der Waals surface area contributed by atoms with Crippen LogP contribution in [0.25, 0.3) is 0 Å². The molecular weight excluding hydrogens is 308 g/mol. The highest BCUT2D eigenvalue weighted by Crippen LogP contribution is 2.35. The van der Waals surface area contributed by atoms with Crippen LogP contribution in [0.4, 0.5) is 0 Å². The molecule has 0 aliphatic carbocycles. The smallest absolute Gasteiger partial charge is 0.0491 e. The molecule has 0 radical (unpaired) electrons. The number of hydrogen-bond donors (Lipinski definition) is 2. The lowest BCUT2D eigenvalue weighted by Crippen LogP contribution is -2.46. The maximum absolute atomic E-state index is 9.98. The first-order valence-corrected chi connectivity index (χ1v) is 8.88. The van der Waals surface area contributed by atoms with Crippen molar-refractivity contribution in [3.8, 4) is 0 Å². The van der Waals surface area contributed by atoms with Gasteiger partial charge in [0.25, 0.3) is 0 Å². The summed E-state index contributed by atoms with van der Waals surface area (Å²) in [6.07, 6.45) is 5.96. The molecule has 4 heteroatoms. The minimum atomic E-state index is 0. The van der Waals surface area contributed by atoms with E-state index in [1.807, 2.05) is 0 Å². The Bertz CT molecular complexity index is 440. The molecule has 130 valence electrons. The number of halogens is 1. The van der Waals surface area contributed by atoms with Gasteiger partial charge in [-0.2, -0.15) is 0 Å². The van der Waals surface area contributed by atoms with E-state index < -0.39 is 0 Å². The first-order valence-electron chi connectivity index (χ1n) is 8.88. The van der Waals surface area contributed by atoms with Crippen LogP contribution in [-0.2, 0) is 6.42 Å². The van der Waals surface area contributed by atoms with Crippen molar-refractivity contribution in [1.82, 2.24) is 10.2 Å². The van der Waals surface area contributed by atoms with Crippen LogP contribution in [0.1, 0.15) is 31.2 Å². The normalized spacial score (nSPS) is 24.8. The SMILES string of the molecule is Cl.OCC1(Cc2ccccc2)CCN(CC2CCCNC2)CC1. The molecule has 2 heterocycles. The Hall–Kier alpha value is -0.610. The van der Waals surface area contributed by atoms with Gasteiger partial charge in [0.15, 0.2) is 0 Å². The topological polar surface area (TPSA) is 35.5 Å². The van der Waals surface area contributed by atoms with Crippen LogP contribution in [0.5, 0.6) is 0 Å². The Labute approximate surface area is 146 Å². The van der Waals surface area contributed by atoms with E-state index in [0.717, 1.165) is 38.3 Å². The van der Waals surface area contributed by atoms with E-state index in [0.29, 0.717) is 6.61 Å². The van der Waals surface area contributed by atoms with E-state index in [2.05, 4.69) is 40.5 Å². The Kier molecular flexibility index (Phi) is 7.35. The van der Waals surface area contributed by atoms with Crippen LogP contribution in [-0.4, -0.2) is 49.3 Å². The highest BCUT2D eigenvalue weighted by atomic mass is 35.5. The van der Waals surface area contributed by atoms with Crippen LogP contribution in [0.2, 0.25) is 0 Å². The van der Waals surface area contributed by atoms with E-state index in [-0.39, 0.29) is 17.8 Å². The fourth-order valence-corrected chi connectivity index (χ4v) is 4.07. The molecule has 2 aliphatic rings. The van der Waals surface area contributed by atoms with E-state index in [9.17, 15) is 5.11 Å². The number of rotatable bonds is 5. The second kappa shape index (κ2) is 9.03. The van der Waals surface area contributed by atoms with Gasteiger partial charge in [-0.1, -0.05) is 30.3 Å². The Balaban J connectivity index is 0.00000192. The first-order chi connectivity index (χ1) is 10.8. The monoisotopic (exact) mass is 338 g/mol. The van der Waals surface area contributed by atoms with Gasteiger partial charge in [0, 0.05) is 13.2 Å². The zero-order chi connectivity index (χ0) is 15.3. The third kappa shape index (κ3) is 5.18. The second-order valence-corrected chi connectivity index (χ2v) is 7.33. The predicted octanol–water partition coefficient (Wildman–Crippen LogP) is 2.73. The summed E-state index contributed by atoms with van der Waals surface area (Å²) in [5, 5.41) is 13.5. The van der Waals surface area contributed by atoms with Crippen molar-refractivity contribution >= 4 is 12.4 Å². The van der Waals surface area contributed by atoms with Crippen molar-refractivity contribution in [3.63, 3.8) is 0 Å². The maximum Gasteiger partial charge on any atom is 0.0491 e. The van der Waals surface area contributed by atoms with E-state index >= 15 is 0 Å². The fourth-order valence-electron chi connectivity index (χ4n) is 4.07. The highest BCUT2D eigenvalue weighted by molar-refractivity contribution is 5.85. The quantitative estimate of drug-likeness (QED) is 0.866. The van der Waals surface area contributed by atoms with Gasteiger partial charge in [-0.15, -0.1) is 12.4 Å². The van der Waals surface area contributed by atoms with E-state index in [4.69, 9.17) is 0 Å². The number of aliphatic hydroxyl groups is 1. The largest absolute Gasteiger partial charge is 0.396 e. The first kappa shape index (κ1) is 18.7. The fraction of sp³-hybridized carbons (Fsp3) is 0.684. The average Bonchev–Trinajstić information content (AvgIpc) is 2.59. The van der Waals surface area contributed by atoms with E-state index in [1.165, 1.54) is 38.0 Å². The number of nitrogens with one attached hydrogen (secondary N) is 1. The van der Waals surface area contributed by atoms with Crippen molar-refractivity contribution in [1.29, 1.82) is 0 Å². The molecule has 3 rings (SSSR count). The van der Waals surface area contributed by atoms with Crippen LogP contribution < -0.4 is 5.32 Å². The summed E-state index contributed by atoms with van der Waals surface area (Å²) in [5.74, 6) is 0.824. The Morgan fingerprint density at radius 1 is 1.17 bits per heavy atom. The summed E-state index contributed by atoms with van der Waals surface area (Å²) in [6.45, 7) is 6.22. The van der Waals surface area contributed by atoms with Gasteiger partial charge in [0.2, 0.25) is 0 Å². The molecule has 0 amide bonds. The molecule has 1 atom stereocenters.